The first-order chi connectivity index (χ1) is 14.5. The number of nitrogens with one attached hydrogen (secondary N) is 1. The average molecular weight is 451 g/mol. The minimum absolute atomic E-state index is 0.103. The molecule has 1 aromatic carbocycles. The number of H-pyrrole nitrogens is 1. The van der Waals surface area contributed by atoms with Gasteiger partial charge in [-0.25, -0.2) is 8.42 Å². The van der Waals surface area contributed by atoms with Crippen LogP contribution in [-0.4, -0.2) is 30.0 Å². The van der Waals surface area contributed by atoms with E-state index in [1.807, 2.05) is 6.07 Å². The summed E-state index contributed by atoms with van der Waals surface area (Å²) in [6.45, 7) is 6.51. The van der Waals surface area contributed by atoms with Crippen molar-refractivity contribution in [2.75, 3.05) is 6.61 Å². The Balaban J connectivity index is 1.61. The van der Waals surface area contributed by atoms with Crippen molar-refractivity contribution in [3.05, 3.63) is 59.4 Å². The highest BCUT2D eigenvalue weighted by molar-refractivity contribution is 7.92. The molecule has 5 nitrogen and oxygen atoms in total. The summed E-state index contributed by atoms with van der Waals surface area (Å²) in [6.07, 6.45) is 3.52. The van der Waals surface area contributed by atoms with Gasteiger partial charge in [0.15, 0.2) is 9.84 Å². The molecule has 8 heteroatoms. The number of alkyl halides is 2. The monoisotopic (exact) mass is 450 g/mol. The maximum atomic E-state index is 14.4. The smallest absolute Gasteiger partial charge is 0.294 e. The molecule has 0 bridgehead atoms. The van der Waals surface area contributed by atoms with Crippen molar-refractivity contribution in [1.82, 2.24) is 10.2 Å². The molecule has 2 aromatic rings. The van der Waals surface area contributed by atoms with E-state index in [4.69, 9.17) is 4.74 Å². The van der Waals surface area contributed by atoms with E-state index in [-0.39, 0.29) is 35.5 Å². The zero-order chi connectivity index (χ0) is 22.4. The van der Waals surface area contributed by atoms with Crippen LogP contribution in [0, 0.1) is 0 Å². The number of allylic oxidation sites excluding steroid dienone is 1. The predicted molar refractivity (Wildman–Crippen MR) is 114 cm³/mol. The van der Waals surface area contributed by atoms with Crippen LogP contribution in [0.3, 0.4) is 0 Å². The fraction of sp³-hybridized carbons (Fsp3) is 0.522. The van der Waals surface area contributed by atoms with Crippen molar-refractivity contribution in [2.45, 2.75) is 73.5 Å². The van der Waals surface area contributed by atoms with Crippen LogP contribution in [0.2, 0.25) is 0 Å². The van der Waals surface area contributed by atoms with Gasteiger partial charge in [0.1, 0.15) is 6.10 Å². The molecule has 2 atom stereocenters. The molecule has 1 aliphatic carbocycles. The zero-order valence-corrected chi connectivity index (χ0v) is 18.6. The van der Waals surface area contributed by atoms with Crippen LogP contribution < -0.4 is 0 Å². The van der Waals surface area contributed by atoms with Crippen molar-refractivity contribution >= 4 is 9.84 Å². The van der Waals surface area contributed by atoms with Gasteiger partial charge in [0.2, 0.25) is 0 Å². The molecule has 0 spiro atoms. The Morgan fingerprint density at radius 2 is 2.06 bits per heavy atom. The van der Waals surface area contributed by atoms with Gasteiger partial charge < -0.3 is 4.74 Å². The molecule has 168 valence electrons. The Morgan fingerprint density at radius 1 is 1.32 bits per heavy atom. The normalized spacial score (nSPS) is 25.2. The summed E-state index contributed by atoms with van der Waals surface area (Å²) in [4.78, 5) is -0.103. The lowest BCUT2D eigenvalue weighted by molar-refractivity contribution is -0.00223. The number of nitrogens with zero attached hydrogens (tertiary/aromatic N) is 1. The molecule has 2 heterocycles. The second-order valence-corrected chi connectivity index (χ2v) is 11.5. The quantitative estimate of drug-likeness (QED) is 0.596. The number of hydrogen-bond acceptors (Lipinski definition) is 4. The summed E-state index contributed by atoms with van der Waals surface area (Å²) in [7, 11) is -3.89. The number of ether oxygens (including phenoxy) is 1. The molecule has 4 rings (SSSR count). The molecular weight excluding hydrogens is 422 g/mol. The number of rotatable bonds is 6. The Kier molecular flexibility index (Phi) is 5.58. The lowest BCUT2D eigenvalue weighted by Crippen LogP contribution is -2.42. The molecule has 0 radical (unpaired) electrons. The molecule has 0 amide bonds. The summed E-state index contributed by atoms with van der Waals surface area (Å²) >= 11 is 0. The maximum Gasteiger partial charge on any atom is 0.294 e. The van der Waals surface area contributed by atoms with Crippen LogP contribution in [0.15, 0.2) is 47.4 Å². The summed E-state index contributed by atoms with van der Waals surface area (Å²) in [6, 6.07) is 7.02. The van der Waals surface area contributed by atoms with E-state index < -0.39 is 26.6 Å². The first kappa shape index (κ1) is 22.1. The van der Waals surface area contributed by atoms with Crippen molar-refractivity contribution in [3.63, 3.8) is 0 Å². The van der Waals surface area contributed by atoms with Gasteiger partial charge in [-0.15, -0.1) is 0 Å². The number of sulfone groups is 1. The van der Waals surface area contributed by atoms with Gasteiger partial charge in [-0.1, -0.05) is 25.1 Å². The van der Waals surface area contributed by atoms with E-state index in [1.165, 1.54) is 31.5 Å². The first-order valence-corrected chi connectivity index (χ1v) is 12.1. The Morgan fingerprint density at radius 3 is 2.71 bits per heavy atom. The fourth-order valence-electron chi connectivity index (χ4n) is 4.23. The van der Waals surface area contributed by atoms with E-state index in [1.54, 1.807) is 6.92 Å². The van der Waals surface area contributed by atoms with Crippen molar-refractivity contribution in [3.8, 4) is 0 Å². The summed E-state index contributed by atoms with van der Waals surface area (Å²) in [5.74, 6) is -2.83. The highest BCUT2D eigenvalue weighted by atomic mass is 32.2. The van der Waals surface area contributed by atoms with Crippen molar-refractivity contribution < 1.29 is 21.9 Å². The summed E-state index contributed by atoms with van der Waals surface area (Å²) in [5.41, 5.74) is 1.06. The third kappa shape index (κ3) is 3.84. The van der Waals surface area contributed by atoms with Gasteiger partial charge in [0.05, 0.1) is 21.0 Å². The topological polar surface area (TPSA) is 72.1 Å². The maximum absolute atomic E-state index is 14.4. The molecule has 2 fully saturated rings. The van der Waals surface area contributed by atoms with Gasteiger partial charge in [-0.05, 0) is 63.3 Å². The summed E-state index contributed by atoms with van der Waals surface area (Å²) in [5, 5.41) is 7.41. The molecule has 1 aromatic heterocycles. The van der Waals surface area contributed by atoms with Crippen LogP contribution in [0.1, 0.15) is 74.9 Å². The molecule has 31 heavy (non-hydrogen) atoms. The molecule has 2 unspecified atom stereocenters. The van der Waals surface area contributed by atoms with E-state index in [0.717, 1.165) is 30.3 Å². The Labute approximate surface area is 181 Å². The van der Waals surface area contributed by atoms with Crippen LogP contribution in [0.4, 0.5) is 8.78 Å². The fourth-order valence-corrected chi connectivity index (χ4v) is 6.07. The number of aromatic amines is 1. The van der Waals surface area contributed by atoms with Crippen LogP contribution >= 0.6 is 0 Å². The van der Waals surface area contributed by atoms with Crippen LogP contribution in [-0.2, 0) is 20.5 Å². The van der Waals surface area contributed by atoms with Crippen LogP contribution in [0.25, 0.3) is 0 Å². The minimum atomic E-state index is -3.89. The zero-order valence-electron chi connectivity index (χ0n) is 17.8. The third-order valence-corrected chi connectivity index (χ3v) is 9.29. The minimum Gasteiger partial charge on any atom is -0.372 e. The molecule has 1 saturated carbocycles. The summed E-state index contributed by atoms with van der Waals surface area (Å²) < 4.78 is 60.7. The van der Waals surface area contributed by atoms with E-state index in [9.17, 15) is 17.2 Å². The van der Waals surface area contributed by atoms with Gasteiger partial charge in [0, 0.05) is 18.1 Å². The molecular formula is C23H28F2N2O3S. The van der Waals surface area contributed by atoms with Gasteiger partial charge in [0.25, 0.3) is 5.92 Å². The van der Waals surface area contributed by atoms with E-state index in [0.29, 0.717) is 5.92 Å². The van der Waals surface area contributed by atoms with Crippen molar-refractivity contribution in [2.24, 2.45) is 0 Å². The van der Waals surface area contributed by atoms with E-state index in [2.05, 4.69) is 16.8 Å². The number of hydrogen-bond donors (Lipinski definition) is 1. The molecule has 1 aliphatic heterocycles. The SMILES string of the molecule is C=C(C)C(F)(F)c1cccc(S(=O)(=O)C2(C)CCOC(c3cc(C4CCC4)n[nH]3)C2)c1. The second kappa shape index (κ2) is 7.81. The highest BCUT2D eigenvalue weighted by Gasteiger charge is 2.46. The Bertz CT molecular complexity index is 1090. The highest BCUT2D eigenvalue weighted by Crippen LogP contribution is 2.44. The third-order valence-electron chi connectivity index (χ3n) is 6.75. The second-order valence-electron chi connectivity index (χ2n) is 9.03. The van der Waals surface area contributed by atoms with Gasteiger partial charge >= 0.3 is 0 Å². The number of aromatic nitrogens is 2. The van der Waals surface area contributed by atoms with Crippen molar-refractivity contribution in [1.29, 1.82) is 0 Å². The molecule has 1 saturated heterocycles. The largest absolute Gasteiger partial charge is 0.372 e. The standard InChI is InChI=1S/C23H28F2N2O3S/c1-15(2)23(24,25)17-8-5-9-18(12-17)31(28,29)22(3)10-11-30-21(14-22)20-13-19(26-27-20)16-6-4-7-16/h5,8-9,12-13,16,21H,1,4,6-7,10-11,14H2,2-3H3,(H,26,27). The number of benzene rings is 1. The lowest BCUT2D eigenvalue weighted by atomic mass is 9.83. The molecule has 1 N–H and O–H groups in total. The Hall–Kier alpha value is -2.06. The van der Waals surface area contributed by atoms with Crippen LogP contribution in [0.5, 0.6) is 0 Å². The van der Waals surface area contributed by atoms with E-state index >= 15 is 0 Å². The van der Waals surface area contributed by atoms with Gasteiger partial charge in [-0.2, -0.15) is 13.9 Å². The lowest BCUT2D eigenvalue weighted by Gasteiger charge is -2.37. The molecule has 2 aliphatic rings. The number of halogens is 2. The van der Waals surface area contributed by atoms with Gasteiger partial charge in [-0.3, -0.25) is 5.10 Å². The average Bonchev–Trinajstić information content (AvgIpc) is 3.16. The predicted octanol–water partition coefficient (Wildman–Crippen LogP) is 5.43. The first-order valence-electron chi connectivity index (χ1n) is 10.6.